The van der Waals surface area contributed by atoms with Crippen LogP contribution in [0, 0.1) is 0 Å². The maximum Gasteiger partial charge on any atom is 0.471 e. The van der Waals surface area contributed by atoms with Crippen LogP contribution < -0.4 is 9.47 Å². The minimum absolute atomic E-state index is 0.144. The van der Waals surface area contributed by atoms with Gasteiger partial charge in [-0.05, 0) is 30.3 Å². The molecule has 0 saturated carbocycles. The molecule has 1 saturated heterocycles. The number of pyridine rings is 1. The van der Waals surface area contributed by atoms with E-state index in [4.69, 9.17) is 9.47 Å². The molecule has 1 aromatic carbocycles. The summed E-state index contributed by atoms with van der Waals surface area (Å²) in [4.78, 5) is 21.7. The van der Waals surface area contributed by atoms with Crippen LogP contribution in [-0.4, -0.2) is 52.2 Å². The summed E-state index contributed by atoms with van der Waals surface area (Å²) in [6, 6.07) is 9.58. The predicted molar refractivity (Wildman–Crippen MR) is 100 cm³/mol. The van der Waals surface area contributed by atoms with Crippen LogP contribution >= 0.6 is 0 Å². The van der Waals surface area contributed by atoms with Gasteiger partial charge in [0.15, 0.2) is 0 Å². The normalized spacial score (nSPS) is 16.4. The molecule has 3 aromatic rings. The van der Waals surface area contributed by atoms with Gasteiger partial charge in [0, 0.05) is 30.8 Å². The number of hydrogen-bond donors (Lipinski definition) is 0. The monoisotopic (exact) mass is 434 g/mol. The Hall–Kier alpha value is -3.63. The van der Waals surface area contributed by atoms with E-state index in [-0.39, 0.29) is 17.8 Å². The zero-order valence-corrected chi connectivity index (χ0v) is 16.3. The fourth-order valence-electron chi connectivity index (χ4n) is 3.15. The number of carbonyl (C=O) groups excluding carboxylic acids is 1. The maximum absolute atomic E-state index is 12.6. The standard InChI is InChI=1S/C20H17F3N4O4/c1-29-16-7-4-13(10-24-16)18(28)27-9-8-15(11-27)30-14-5-2-12(3-6-14)17-25-19(31-26-17)20(21,22)23/h2-7,10,15H,8-9,11H2,1H3/t15-/m0/s1. The largest absolute Gasteiger partial charge is 0.489 e. The number of methoxy groups -OCH3 is 1. The molecule has 4 rings (SSSR count). The Balaban J connectivity index is 1.35. The summed E-state index contributed by atoms with van der Waals surface area (Å²) in [5.41, 5.74) is 0.825. The summed E-state index contributed by atoms with van der Waals surface area (Å²) in [7, 11) is 1.50. The van der Waals surface area contributed by atoms with Crippen LogP contribution in [0.3, 0.4) is 0 Å². The highest BCUT2D eigenvalue weighted by molar-refractivity contribution is 5.94. The van der Waals surface area contributed by atoms with E-state index >= 15 is 0 Å². The van der Waals surface area contributed by atoms with Crippen molar-refractivity contribution >= 4 is 5.91 Å². The van der Waals surface area contributed by atoms with Gasteiger partial charge >= 0.3 is 12.1 Å². The first kappa shape index (κ1) is 20.6. The smallest absolute Gasteiger partial charge is 0.471 e. The molecule has 8 nitrogen and oxygen atoms in total. The zero-order valence-electron chi connectivity index (χ0n) is 16.3. The maximum atomic E-state index is 12.6. The van der Waals surface area contributed by atoms with Gasteiger partial charge in [-0.3, -0.25) is 4.79 Å². The molecule has 1 atom stereocenters. The molecular formula is C20H17F3N4O4. The van der Waals surface area contributed by atoms with Crippen molar-refractivity contribution < 1.29 is 32.0 Å². The highest BCUT2D eigenvalue weighted by Gasteiger charge is 2.38. The molecule has 1 amide bonds. The second-order valence-corrected chi connectivity index (χ2v) is 6.81. The van der Waals surface area contributed by atoms with Crippen molar-refractivity contribution in [3.05, 3.63) is 54.0 Å². The van der Waals surface area contributed by atoms with E-state index in [1.807, 2.05) is 0 Å². The average Bonchev–Trinajstić information content (AvgIpc) is 3.44. The van der Waals surface area contributed by atoms with Crippen LogP contribution in [0.25, 0.3) is 11.4 Å². The van der Waals surface area contributed by atoms with Crippen LogP contribution in [0.4, 0.5) is 13.2 Å². The number of aromatic nitrogens is 3. The topological polar surface area (TPSA) is 90.6 Å². The summed E-state index contributed by atoms with van der Waals surface area (Å²) in [6.45, 7) is 0.948. The van der Waals surface area contributed by atoms with Crippen molar-refractivity contribution in [2.24, 2.45) is 0 Å². The lowest BCUT2D eigenvalue weighted by atomic mass is 10.2. The van der Waals surface area contributed by atoms with E-state index in [2.05, 4.69) is 19.6 Å². The van der Waals surface area contributed by atoms with Crippen LogP contribution in [0.1, 0.15) is 22.7 Å². The number of likely N-dealkylation sites (tertiary alicyclic amines) is 1. The third kappa shape index (κ3) is 4.60. The molecule has 0 radical (unpaired) electrons. The second-order valence-electron chi connectivity index (χ2n) is 6.81. The van der Waals surface area contributed by atoms with Gasteiger partial charge in [-0.1, -0.05) is 5.16 Å². The Bertz CT molecular complexity index is 1050. The molecule has 0 unspecified atom stereocenters. The predicted octanol–water partition coefficient (Wildman–Crippen LogP) is 3.45. The minimum Gasteiger partial charge on any atom is -0.489 e. The van der Waals surface area contributed by atoms with E-state index in [1.54, 1.807) is 41.3 Å². The van der Waals surface area contributed by atoms with Crippen molar-refractivity contribution in [1.82, 2.24) is 20.0 Å². The quantitative estimate of drug-likeness (QED) is 0.608. The van der Waals surface area contributed by atoms with E-state index in [9.17, 15) is 18.0 Å². The lowest BCUT2D eigenvalue weighted by Gasteiger charge is -2.17. The molecule has 1 fully saturated rings. The molecule has 3 heterocycles. The number of alkyl halides is 3. The summed E-state index contributed by atoms with van der Waals surface area (Å²) < 4.78 is 52.9. The van der Waals surface area contributed by atoms with Crippen molar-refractivity contribution in [3.63, 3.8) is 0 Å². The summed E-state index contributed by atoms with van der Waals surface area (Å²) >= 11 is 0. The van der Waals surface area contributed by atoms with Crippen LogP contribution in [-0.2, 0) is 6.18 Å². The highest BCUT2D eigenvalue weighted by Crippen LogP contribution is 2.30. The molecule has 0 aliphatic carbocycles. The van der Waals surface area contributed by atoms with Gasteiger partial charge in [0.1, 0.15) is 11.9 Å². The molecule has 2 aromatic heterocycles. The molecule has 0 spiro atoms. The number of halogens is 3. The van der Waals surface area contributed by atoms with Gasteiger partial charge in [-0.25, -0.2) is 4.98 Å². The first-order valence-corrected chi connectivity index (χ1v) is 9.31. The van der Waals surface area contributed by atoms with Crippen molar-refractivity contribution in [2.75, 3.05) is 20.2 Å². The van der Waals surface area contributed by atoms with Gasteiger partial charge in [0.25, 0.3) is 5.91 Å². The number of carbonyl (C=O) groups is 1. The molecule has 1 aliphatic rings. The van der Waals surface area contributed by atoms with Crippen molar-refractivity contribution in [3.8, 4) is 23.0 Å². The molecule has 1 aliphatic heterocycles. The van der Waals surface area contributed by atoms with E-state index < -0.39 is 12.1 Å². The Labute approximate surface area is 174 Å². The fraction of sp³-hybridized carbons (Fsp3) is 0.300. The number of hydrogen-bond acceptors (Lipinski definition) is 7. The van der Waals surface area contributed by atoms with Gasteiger partial charge in [0.2, 0.25) is 11.7 Å². The second kappa shape index (κ2) is 8.25. The third-order valence-corrected chi connectivity index (χ3v) is 4.71. The van der Waals surface area contributed by atoms with Crippen LogP contribution in [0.5, 0.6) is 11.6 Å². The zero-order chi connectivity index (χ0) is 22.0. The van der Waals surface area contributed by atoms with Crippen LogP contribution in [0.2, 0.25) is 0 Å². The minimum atomic E-state index is -4.69. The van der Waals surface area contributed by atoms with E-state index in [1.165, 1.54) is 13.3 Å². The van der Waals surface area contributed by atoms with Gasteiger partial charge in [0.05, 0.1) is 19.2 Å². The number of ether oxygens (including phenoxy) is 2. The summed E-state index contributed by atoms with van der Waals surface area (Å²) in [5.74, 6) is -0.754. The SMILES string of the molecule is COc1ccc(C(=O)N2CC[C@H](Oc3ccc(-c4noc(C(F)(F)F)n4)cc3)C2)cn1. The Morgan fingerprint density at radius 2 is 1.97 bits per heavy atom. The summed E-state index contributed by atoms with van der Waals surface area (Å²) in [5, 5.41) is 3.35. The summed E-state index contributed by atoms with van der Waals surface area (Å²) in [6.07, 6.45) is -2.78. The van der Waals surface area contributed by atoms with E-state index in [0.29, 0.717) is 42.3 Å². The molecule has 0 N–H and O–H groups in total. The number of benzene rings is 1. The Morgan fingerprint density at radius 1 is 1.19 bits per heavy atom. The molecule has 11 heteroatoms. The van der Waals surface area contributed by atoms with Gasteiger partial charge in [-0.15, -0.1) is 0 Å². The lowest BCUT2D eigenvalue weighted by molar-refractivity contribution is -0.159. The van der Waals surface area contributed by atoms with E-state index in [0.717, 1.165) is 0 Å². The highest BCUT2D eigenvalue weighted by atomic mass is 19.4. The van der Waals surface area contributed by atoms with Gasteiger partial charge in [-0.2, -0.15) is 18.2 Å². The molecule has 31 heavy (non-hydrogen) atoms. The lowest BCUT2D eigenvalue weighted by Crippen LogP contribution is -2.31. The molecular weight excluding hydrogens is 417 g/mol. The van der Waals surface area contributed by atoms with Crippen molar-refractivity contribution in [2.45, 2.75) is 18.7 Å². The number of rotatable bonds is 5. The first-order chi connectivity index (χ1) is 14.8. The Morgan fingerprint density at radius 3 is 2.58 bits per heavy atom. The number of amides is 1. The van der Waals surface area contributed by atoms with Crippen molar-refractivity contribution in [1.29, 1.82) is 0 Å². The van der Waals surface area contributed by atoms with Gasteiger partial charge < -0.3 is 18.9 Å². The molecule has 162 valence electrons. The third-order valence-electron chi connectivity index (χ3n) is 4.71. The molecule has 0 bridgehead atoms. The average molecular weight is 434 g/mol. The Kier molecular flexibility index (Phi) is 5.49. The number of nitrogens with zero attached hydrogens (tertiary/aromatic N) is 4. The first-order valence-electron chi connectivity index (χ1n) is 9.31. The fourth-order valence-corrected chi connectivity index (χ4v) is 3.15. The van der Waals surface area contributed by atoms with Crippen LogP contribution in [0.15, 0.2) is 47.1 Å².